The number of carbonyl (C=O) groups excluding carboxylic acids is 2. The van der Waals surface area contributed by atoms with E-state index < -0.39 is 9.84 Å². The second-order valence-electron chi connectivity index (χ2n) is 5.82. The number of benzene rings is 1. The Morgan fingerprint density at radius 3 is 2.54 bits per heavy atom. The molecule has 0 spiro atoms. The lowest BCUT2D eigenvalue weighted by atomic mass is 10.2. The Kier molecular flexibility index (Phi) is 5.87. The molecule has 1 atom stereocenters. The van der Waals surface area contributed by atoms with Crippen LogP contribution in [0.1, 0.15) is 20.3 Å². The molecule has 24 heavy (non-hydrogen) atoms. The average molecular weight is 373 g/mol. The first-order chi connectivity index (χ1) is 11.2. The van der Waals surface area contributed by atoms with Crippen molar-refractivity contribution in [1.82, 2.24) is 4.90 Å². The zero-order valence-electron chi connectivity index (χ0n) is 13.7. The number of likely N-dealkylation sites (N-methyl/N-ethyl adjacent to an activating group) is 1. The second kappa shape index (κ2) is 7.53. The molecule has 0 N–H and O–H groups in total. The van der Waals surface area contributed by atoms with Gasteiger partial charge in [0.15, 0.2) is 9.84 Å². The van der Waals surface area contributed by atoms with Gasteiger partial charge in [0.1, 0.15) is 6.54 Å². The molecule has 0 radical (unpaired) electrons. The van der Waals surface area contributed by atoms with Crippen LogP contribution in [-0.2, 0) is 19.4 Å². The van der Waals surface area contributed by atoms with E-state index in [0.29, 0.717) is 23.7 Å². The summed E-state index contributed by atoms with van der Waals surface area (Å²) in [6, 6.07) is 6.40. The number of sulfone groups is 1. The first kappa shape index (κ1) is 18.7. The molecule has 0 saturated carbocycles. The van der Waals surface area contributed by atoms with Crippen LogP contribution in [-0.4, -0.2) is 55.8 Å². The quantitative estimate of drug-likeness (QED) is 0.788. The molecule has 1 fully saturated rings. The van der Waals surface area contributed by atoms with Crippen LogP contribution in [0, 0.1) is 0 Å². The lowest BCUT2D eigenvalue weighted by Crippen LogP contribution is -2.47. The minimum absolute atomic E-state index is 0.0101. The molecule has 1 unspecified atom stereocenters. The maximum Gasteiger partial charge on any atom is 0.242 e. The number of halogens is 1. The van der Waals surface area contributed by atoms with Crippen molar-refractivity contribution < 1.29 is 18.0 Å². The third kappa shape index (κ3) is 4.48. The van der Waals surface area contributed by atoms with E-state index in [0.717, 1.165) is 0 Å². The zero-order valence-corrected chi connectivity index (χ0v) is 15.3. The Bertz CT molecular complexity index is 735. The molecule has 8 heteroatoms. The molecule has 1 aromatic carbocycles. The van der Waals surface area contributed by atoms with E-state index in [1.807, 2.05) is 0 Å². The van der Waals surface area contributed by atoms with Crippen LogP contribution in [0.5, 0.6) is 0 Å². The van der Waals surface area contributed by atoms with E-state index >= 15 is 0 Å². The fourth-order valence-electron chi connectivity index (χ4n) is 2.91. The van der Waals surface area contributed by atoms with Crippen molar-refractivity contribution in [2.45, 2.75) is 26.3 Å². The fourth-order valence-corrected chi connectivity index (χ4v) is 4.83. The van der Waals surface area contributed by atoms with Crippen molar-refractivity contribution in [2.24, 2.45) is 0 Å². The fraction of sp³-hybridized carbons (Fsp3) is 0.500. The van der Waals surface area contributed by atoms with Crippen molar-refractivity contribution in [2.75, 3.05) is 29.5 Å². The van der Waals surface area contributed by atoms with Gasteiger partial charge in [0.05, 0.1) is 11.5 Å². The summed E-state index contributed by atoms with van der Waals surface area (Å²) in [5, 5.41) is 0.473. The summed E-state index contributed by atoms with van der Waals surface area (Å²) in [7, 11) is -3.08. The number of nitrogens with zero attached hydrogens (tertiary/aromatic N) is 2. The summed E-state index contributed by atoms with van der Waals surface area (Å²) in [5.74, 6) is -0.453. The van der Waals surface area contributed by atoms with Gasteiger partial charge in [-0.2, -0.15) is 0 Å². The molecule has 1 heterocycles. The van der Waals surface area contributed by atoms with Crippen LogP contribution in [0.2, 0.25) is 5.02 Å². The van der Waals surface area contributed by atoms with Gasteiger partial charge in [-0.1, -0.05) is 17.7 Å². The number of amides is 2. The summed E-state index contributed by atoms with van der Waals surface area (Å²) < 4.78 is 23.3. The maximum atomic E-state index is 12.6. The van der Waals surface area contributed by atoms with Gasteiger partial charge in [-0.3, -0.25) is 9.59 Å². The van der Waals surface area contributed by atoms with Crippen LogP contribution < -0.4 is 4.90 Å². The van der Waals surface area contributed by atoms with Crippen molar-refractivity contribution >= 4 is 38.9 Å². The number of hydrogen-bond donors (Lipinski definition) is 0. The van der Waals surface area contributed by atoms with Crippen LogP contribution >= 0.6 is 11.6 Å². The predicted octanol–water partition coefficient (Wildman–Crippen LogP) is 1.73. The molecule has 0 aromatic heterocycles. The molecule has 132 valence electrons. The first-order valence-corrected chi connectivity index (χ1v) is 9.97. The van der Waals surface area contributed by atoms with E-state index in [1.165, 1.54) is 11.8 Å². The highest BCUT2D eigenvalue weighted by Crippen LogP contribution is 2.21. The minimum Gasteiger partial charge on any atom is -0.337 e. The normalized spacial score (nSPS) is 19.0. The highest BCUT2D eigenvalue weighted by molar-refractivity contribution is 7.91. The van der Waals surface area contributed by atoms with Crippen molar-refractivity contribution in [3.63, 3.8) is 0 Å². The third-order valence-corrected chi connectivity index (χ3v) is 6.09. The van der Waals surface area contributed by atoms with Crippen LogP contribution in [0.25, 0.3) is 0 Å². The summed E-state index contributed by atoms with van der Waals surface area (Å²) in [5.41, 5.74) is 0.540. The van der Waals surface area contributed by atoms with Crippen molar-refractivity contribution in [3.8, 4) is 0 Å². The topological polar surface area (TPSA) is 74.8 Å². The summed E-state index contributed by atoms with van der Waals surface area (Å²) in [6.07, 6.45) is 0.444. The van der Waals surface area contributed by atoms with Gasteiger partial charge in [0.25, 0.3) is 0 Å². The van der Waals surface area contributed by atoms with Gasteiger partial charge in [-0.05, 0) is 31.5 Å². The maximum absolute atomic E-state index is 12.6. The number of anilines is 1. The van der Waals surface area contributed by atoms with E-state index in [-0.39, 0.29) is 35.9 Å². The van der Waals surface area contributed by atoms with Gasteiger partial charge >= 0.3 is 0 Å². The molecule has 1 saturated heterocycles. The lowest BCUT2D eigenvalue weighted by Gasteiger charge is -2.30. The average Bonchev–Trinajstić information content (AvgIpc) is 2.85. The standard InChI is InChI=1S/C16H21ClN2O4S/c1-3-18(15-7-8-24(22,23)11-15)16(21)10-19(12(2)20)14-6-4-5-13(17)9-14/h4-6,9,15H,3,7-8,10-11H2,1-2H3. The van der Waals surface area contributed by atoms with Crippen LogP contribution in [0.3, 0.4) is 0 Å². The lowest BCUT2D eigenvalue weighted by molar-refractivity contribution is -0.132. The van der Waals surface area contributed by atoms with Crippen LogP contribution in [0.15, 0.2) is 24.3 Å². The number of rotatable bonds is 5. The molecule has 1 aliphatic heterocycles. The van der Waals surface area contributed by atoms with E-state index in [1.54, 1.807) is 36.1 Å². The highest BCUT2D eigenvalue weighted by atomic mass is 35.5. The molecule has 1 aromatic rings. The Balaban J connectivity index is 2.16. The molecule has 2 amide bonds. The Hall–Kier alpha value is -1.60. The zero-order chi connectivity index (χ0) is 17.9. The summed E-state index contributed by atoms with van der Waals surface area (Å²) >= 11 is 5.95. The molecular formula is C16H21ClN2O4S. The Morgan fingerprint density at radius 1 is 1.33 bits per heavy atom. The summed E-state index contributed by atoms with van der Waals surface area (Å²) in [4.78, 5) is 27.5. The first-order valence-electron chi connectivity index (χ1n) is 7.77. The monoisotopic (exact) mass is 372 g/mol. The molecular weight excluding hydrogens is 352 g/mol. The predicted molar refractivity (Wildman–Crippen MR) is 93.9 cm³/mol. The third-order valence-electron chi connectivity index (χ3n) is 4.10. The second-order valence-corrected chi connectivity index (χ2v) is 8.49. The summed E-state index contributed by atoms with van der Waals surface area (Å²) in [6.45, 7) is 3.45. The minimum atomic E-state index is -3.08. The molecule has 0 bridgehead atoms. The Labute approximate surface area is 147 Å². The van der Waals surface area contributed by atoms with Gasteiger partial charge in [0.2, 0.25) is 11.8 Å². The number of carbonyl (C=O) groups is 2. The van der Waals surface area contributed by atoms with Crippen molar-refractivity contribution in [1.29, 1.82) is 0 Å². The number of hydrogen-bond acceptors (Lipinski definition) is 4. The molecule has 0 aliphatic carbocycles. The van der Waals surface area contributed by atoms with E-state index in [9.17, 15) is 18.0 Å². The highest BCUT2D eigenvalue weighted by Gasteiger charge is 2.34. The molecule has 2 rings (SSSR count). The van der Waals surface area contributed by atoms with Crippen molar-refractivity contribution in [3.05, 3.63) is 29.3 Å². The SMILES string of the molecule is CCN(C(=O)CN(C(C)=O)c1cccc(Cl)c1)C1CCS(=O)(=O)C1. The van der Waals surface area contributed by atoms with Gasteiger partial charge in [0, 0.05) is 30.2 Å². The Morgan fingerprint density at radius 2 is 2.04 bits per heavy atom. The van der Waals surface area contributed by atoms with Gasteiger partial charge in [-0.15, -0.1) is 0 Å². The molecule has 6 nitrogen and oxygen atoms in total. The van der Waals surface area contributed by atoms with Gasteiger partial charge < -0.3 is 9.80 Å². The molecule has 1 aliphatic rings. The van der Waals surface area contributed by atoms with Gasteiger partial charge in [-0.25, -0.2) is 8.42 Å². The largest absolute Gasteiger partial charge is 0.337 e. The van der Waals surface area contributed by atoms with E-state index in [2.05, 4.69) is 0 Å². The smallest absolute Gasteiger partial charge is 0.242 e. The van der Waals surface area contributed by atoms with Crippen LogP contribution in [0.4, 0.5) is 5.69 Å². The van der Waals surface area contributed by atoms with E-state index in [4.69, 9.17) is 11.6 Å².